The molecule has 0 saturated carbocycles. The molecule has 0 spiro atoms. The number of aryl methyl sites for hydroxylation is 1. The Hall–Kier alpha value is -2.77. The summed E-state index contributed by atoms with van der Waals surface area (Å²) in [6.45, 7) is 2.78. The second kappa shape index (κ2) is 3.86. The molecule has 100 valence electrons. The van der Waals surface area contributed by atoms with E-state index in [1.807, 2.05) is 11.6 Å². The van der Waals surface area contributed by atoms with Crippen molar-refractivity contribution >= 4 is 27.7 Å². The van der Waals surface area contributed by atoms with Crippen molar-refractivity contribution in [1.82, 2.24) is 34.3 Å². The maximum Gasteiger partial charge on any atom is 0.256 e. The number of hydrogen-bond acceptors (Lipinski definition) is 6. The fraction of sp³-hybridized carbons (Fsp3) is 0.250. The quantitative estimate of drug-likeness (QED) is 0.541. The first kappa shape index (κ1) is 11.1. The van der Waals surface area contributed by atoms with Crippen LogP contribution in [0, 0.1) is 0 Å². The summed E-state index contributed by atoms with van der Waals surface area (Å²) in [7, 11) is 1.58. The van der Waals surface area contributed by atoms with Crippen molar-refractivity contribution in [3.8, 4) is 5.88 Å². The van der Waals surface area contributed by atoms with Crippen molar-refractivity contribution in [1.29, 1.82) is 0 Å². The van der Waals surface area contributed by atoms with Crippen LogP contribution in [-0.4, -0.2) is 41.5 Å². The van der Waals surface area contributed by atoms with E-state index in [2.05, 4.69) is 25.1 Å². The van der Waals surface area contributed by atoms with Crippen molar-refractivity contribution in [2.24, 2.45) is 0 Å². The lowest BCUT2D eigenvalue weighted by Gasteiger charge is -2.06. The predicted molar refractivity (Wildman–Crippen MR) is 71.6 cm³/mol. The van der Waals surface area contributed by atoms with Crippen LogP contribution < -0.4 is 4.74 Å². The van der Waals surface area contributed by atoms with E-state index in [0.29, 0.717) is 11.7 Å². The maximum absolute atomic E-state index is 5.33. The Morgan fingerprint density at radius 3 is 2.85 bits per heavy atom. The lowest BCUT2D eigenvalue weighted by Crippen LogP contribution is -2.01. The van der Waals surface area contributed by atoms with Gasteiger partial charge in [0, 0.05) is 12.7 Å². The third-order valence-electron chi connectivity index (χ3n) is 3.30. The Morgan fingerprint density at radius 1 is 1.15 bits per heavy atom. The van der Waals surface area contributed by atoms with E-state index >= 15 is 0 Å². The number of pyridine rings is 1. The van der Waals surface area contributed by atoms with Crippen LogP contribution >= 0.6 is 0 Å². The van der Waals surface area contributed by atoms with Crippen molar-refractivity contribution < 1.29 is 4.74 Å². The minimum Gasteiger partial charge on any atom is -0.480 e. The number of nitrogens with zero attached hydrogens (tertiary/aromatic N) is 7. The molecule has 0 atom stereocenters. The normalized spacial score (nSPS) is 11.7. The summed E-state index contributed by atoms with van der Waals surface area (Å²) in [5, 5.41) is 10.3. The average molecular weight is 269 g/mol. The van der Waals surface area contributed by atoms with E-state index in [4.69, 9.17) is 4.74 Å². The highest BCUT2D eigenvalue weighted by Crippen LogP contribution is 2.28. The minimum absolute atomic E-state index is 0.485. The topological polar surface area (TPSA) is 83.0 Å². The van der Waals surface area contributed by atoms with Crippen LogP contribution in [0.25, 0.3) is 27.7 Å². The molecule has 0 saturated heterocycles. The van der Waals surface area contributed by atoms with Gasteiger partial charge in [-0.15, -0.1) is 0 Å². The molecule has 0 amide bonds. The van der Waals surface area contributed by atoms with E-state index in [1.54, 1.807) is 24.0 Å². The molecule has 0 bridgehead atoms. The van der Waals surface area contributed by atoms with Crippen molar-refractivity contribution in [2.45, 2.75) is 13.5 Å². The van der Waals surface area contributed by atoms with Crippen LogP contribution in [0.4, 0.5) is 0 Å². The van der Waals surface area contributed by atoms with E-state index < -0.39 is 0 Å². The van der Waals surface area contributed by atoms with Gasteiger partial charge in [0.25, 0.3) is 5.78 Å². The van der Waals surface area contributed by atoms with Crippen LogP contribution in [0.3, 0.4) is 0 Å². The largest absolute Gasteiger partial charge is 0.480 e. The fourth-order valence-corrected chi connectivity index (χ4v) is 2.41. The predicted octanol–water partition coefficient (Wildman–Crippen LogP) is 1.05. The van der Waals surface area contributed by atoms with Gasteiger partial charge in [-0.05, 0) is 6.92 Å². The molecule has 4 heterocycles. The molecule has 0 N–H and O–H groups in total. The molecule has 0 aliphatic heterocycles. The maximum atomic E-state index is 5.33. The summed E-state index contributed by atoms with van der Waals surface area (Å²) in [5.41, 5.74) is 1.67. The number of fused-ring (bicyclic) bond motifs is 5. The number of aromatic nitrogens is 7. The van der Waals surface area contributed by atoms with Gasteiger partial charge in [-0.25, -0.2) is 9.67 Å². The Kier molecular flexibility index (Phi) is 2.14. The third kappa shape index (κ3) is 1.27. The lowest BCUT2D eigenvalue weighted by atomic mass is 10.2. The zero-order chi connectivity index (χ0) is 13.7. The van der Waals surface area contributed by atoms with Gasteiger partial charge < -0.3 is 4.74 Å². The Morgan fingerprint density at radius 2 is 2.05 bits per heavy atom. The summed E-state index contributed by atoms with van der Waals surface area (Å²) in [6, 6.07) is 0. The van der Waals surface area contributed by atoms with Crippen LogP contribution in [0.1, 0.15) is 6.92 Å². The molecule has 0 radical (unpaired) electrons. The number of rotatable bonds is 2. The molecule has 0 aliphatic carbocycles. The zero-order valence-electron chi connectivity index (χ0n) is 11.0. The Balaban J connectivity index is 2.30. The molecule has 8 nitrogen and oxygen atoms in total. The monoisotopic (exact) mass is 269 g/mol. The second-order valence-corrected chi connectivity index (χ2v) is 4.31. The van der Waals surface area contributed by atoms with E-state index in [9.17, 15) is 0 Å². The van der Waals surface area contributed by atoms with Gasteiger partial charge in [-0.2, -0.15) is 24.7 Å². The van der Waals surface area contributed by atoms with Crippen molar-refractivity contribution in [3.63, 3.8) is 0 Å². The van der Waals surface area contributed by atoms with E-state index in [-0.39, 0.29) is 0 Å². The zero-order valence-corrected chi connectivity index (χ0v) is 11.0. The van der Waals surface area contributed by atoms with Gasteiger partial charge in [-0.3, -0.25) is 0 Å². The summed E-state index contributed by atoms with van der Waals surface area (Å²) in [5.74, 6) is 0.977. The highest BCUT2D eigenvalue weighted by Gasteiger charge is 2.16. The van der Waals surface area contributed by atoms with Gasteiger partial charge in [0.1, 0.15) is 6.33 Å². The molecular weight excluding hydrogens is 258 g/mol. The molecule has 4 aromatic rings. The van der Waals surface area contributed by atoms with Gasteiger partial charge in [0.05, 0.1) is 29.6 Å². The molecule has 0 unspecified atom stereocenters. The third-order valence-corrected chi connectivity index (χ3v) is 3.30. The molecule has 0 aliphatic rings. The average Bonchev–Trinajstić information content (AvgIpc) is 3.11. The smallest absolute Gasteiger partial charge is 0.256 e. The lowest BCUT2D eigenvalue weighted by molar-refractivity contribution is 0.403. The Labute approximate surface area is 113 Å². The number of ether oxygens (including phenoxy) is 1. The number of methoxy groups -OCH3 is 1. The van der Waals surface area contributed by atoms with Gasteiger partial charge in [0.2, 0.25) is 5.88 Å². The SMILES string of the molecule is CCn1ncc2c1ncc1c(OC)nc3ncnn3c12. The summed E-state index contributed by atoms with van der Waals surface area (Å²) >= 11 is 0. The van der Waals surface area contributed by atoms with Crippen LogP contribution in [0.15, 0.2) is 18.7 Å². The van der Waals surface area contributed by atoms with E-state index in [0.717, 1.165) is 28.5 Å². The van der Waals surface area contributed by atoms with Crippen LogP contribution in [-0.2, 0) is 6.54 Å². The van der Waals surface area contributed by atoms with Crippen molar-refractivity contribution in [2.75, 3.05) is 7.11 Å². The molecule has 0 fully saturated rings. The van der Waals surface area contributed by atoms with Crippen LogP contribution in [0.5, 0.6) is 5.88 Å². The number of hydrogen-bond donors (Lipinski definition) is 0. The summed E-state index contributed by atoms with van der Waals surface area (Å²) in [4.78, 5) is 12.9. The molecule has 4 rings (SSSR count). The Bertz CT molecular complexity index is 939. The molecule has 8 heteroatoms. The second-order valence-electron chi connectivity index (χ2n) is 4.31. The molecular formula is C12H11N7O. The molecule has 20 heavy (non-hydrogen) atoms. The summed E-state index contributed by atoms with van der Waals surface area (Å²) < 4.78 is 8.85. The molecule has 4 aromatic heterocycles. The van der Waals surface area contributed by atoms with Crippen molar-refractivity contribution in [3.05, 3.63) is 18.7 Å². The first-order chi connectivity index (χ1) is 9.83. The highest BCUT2D eigenvalue weighted by molar-refractivity contribution is 6.04. The highest BCUT2D eigenvalue weighted by atomic mass is 16.5. The first-order valence-corrected chi connectivity index (χ1v) is 6.21. The first-order valence-electron chi connectivity index (χ1n) is 6.21. The van der Waals surface area contributed by atoms with Crippen LogP contribution in [0.2, 0.25) is 0 Å². The fourth-order valence-electron chi connectivity index (χ4n) is 2.41. The molecule has 0 aromatic carbocycles. The van der Waals surface area contributed by atoms with Gasteiger partial charge in [0.15, 0.2) is 5.65 Å². The minimum atomic E-state index is 0.485. The summed E-state index contributed by atoms with van der Waals surface area (Å²) in [6.07, 6.45) is 4.99. The standard InChI is InChI=1S/C12H11N7O/c1-3-18-10-7(5-15-18)9-8(4-13-10)11(20-2)17-12-14-6-16-19(9)12/h4-6H,3H2,1-2H3. The van der Waals surface area contributed by atoms with E-state index in [1.165, 1.54) is 6.33 Å². The van der Waals surface area contributed by atoms with Gasteiger partial charge >= 0.3 is 0 Å². The van der Waals surface area contributed by atoms with Gasteiger partial charge in [-0.1, -0.05) is 0 Å².